The highest BCUT2D eigenvalue weighted by Gasteiger charge is 1.98. The Bertz CT molecular complexity index is 240. The minimum atomic E-state index is -0.172. The second-order valence-corrected chi connectivity index (χ2v) is 2.10. The summed E-state index contributed by atoms with van der Waals surface area (Å²) in [6.07, 6.45) is 0. The first kappa shape index (κ1) is 7.24. The number of nitrogen functional groups attached to an aromatic ring is 1. The molecule has 3 N–H and O–H groups in total. The molecule has 5 heteroatoms. The Morgan fingerprint density at radius 1 is 1.60 bits per heavy atom. The molecule has 1 aromatic heterocycles. The highest BCUT2D eigenvalue weighted by atomic mass is 35.5. The number of nitrogens with two attached hydrogens (primary N) is 1. The van der Waals surface area contributed by atoms with E-state index in [1.54, 1.807) is 0 Å². The van der Waals surface area contributed by atoms with E-state index in [4.69, 9.17) is 22.4 Å². The molecule has 0 aromatic carbocycles. The normalized spacial score (nSPS) is 9.80. The van der Waals surface area contributed by atoms with Crippen molar-refractivity contribution in [2.24, 2.45) is 0 Å². The number of anilines is 1. The molecule has 0 spiro atoms. The Morgan fingerprint density at radius 3 is 2.80 bits per heavy atom. The van der Waals surface area contributed by atoms with Crippen LogP contribution in [0.3, 0.4) is 0 Å². The van der Waals surface area contributed by atoms with Gasteiger partial charge in [0.25, 0.3) is 0 Å². The zero-order valence-corrected chi connectivity index (χ0v) is 5.84. The van der Waals surface area contributed by atoms with Crippen molar-refractivity contribution in [3.8, 4) is 0 Å². The quantitative estimate of drug-likeness (QED) is 0.614. The molecule has 0 aliphatic carbocycles. The number of rotatable bonds is 1. The van der Waals surface area contributed by atoms with E-state index in [2.05, 4.69) is 10.2 Å². The molecule has 1 heterocycles. The fraction of sp³-hybridized carbons (Fsp3) is 0.200. The van der Waals surface area contributed by atoms with Gasteiger partial charge in [-0.05, 0) is 6.07 Å². The van der Waals surface area contributed by atoms with Gasteiger partial charge in [0.15, 0.2) is 5.15 Å². The number of aliphatic hydroxyl groups is 1. The summed E-state index contributed by atoms with van der Waals surface area (Å²) >= 11 is 5.46. The summed E-state index contributed by atoms with van der Waals surface area (Å²) in [5.41, 5.74) is 6.10. The monoisotopic (exact) mass is 159 g/mol. The molecule has 4 nitrogen and oxygen atoms in total. The van der Waals surface area contributed by atoms with Crippen molar-refractivity contribution in [2.45, 2.75) is 6.61 Å². The molecule has 0 aliphatic heterocycles. The summed E-state index contributed by atoms with van der Waals surface area (Å²) in [6, 6.07) is 1.48. The first-order valence-corrected chi connectivity index (χ1v) is 3.00. The Hall–Kier alpha value is -0.870. The van der Waals surface area contributed by atoms with Gasteiger partial charge < -0.3 is 10.8 Å². The van der Waals surface area contributed by atoms with Crippen molar-refractivity contribution in [1.82, 2.24) is 10.2 Å². The van der Waals surface area contributed by atoms with Gasteiger partial charge in [0.05, 0.1) is 18.0 Å². The van der Waals surface area contributed by atoms with Gasteiger partial charge in [-0.2, -0.15) is 5.10 Å². The topological polar surface area (TPSA) is 72.0 Å². The Morgan fingerprint density at radius 2 is 2.30 bits per heavy atom. The molecular weight excluding hydrogens is 154 g/mol. The maximum absolute atomic E-state index is 8.55. The molecule has 0 saturated heterocycles. The molecule has 0 bridgehead atoms. The van der Waals surface area contributed by atoms with Gasteiger partial charge in [-0.25, -0.2) is 0 Å². The van der Waals surface area contributed by atoms with Crippen LogP contribution in [0.15, 0.2) is 6.07 Å². The minimum Gasteiger partial charge on any atom is -0.396 e. The Labute approximate surface area is 62.6 Å². The first-order chi connectivity index (χ1) is 4.74. The average molecular weight is 160 g/mol. The number of nitrogens with zero attached hydrogens (tertiary/aromatic N) is 2. The van der Waals surface area contributed by atoms with Crippen LogP contribution in [0.4, 0.5) is 5.69 Å². The fourth-order valence-electron chi connectivity index (χ4n) is 0.511. The lowest BCUT2D eigenvalue weighted by Crippen LogP contribution is -1.97. The lowest BCUT2D eigenvalue weighted by atomic mass is 10.4. The number of halogens is 1. The standard InChI is InChI=1S/C5H6ClN3O/c6-5-4(7)1-3(2-10)8-9-5/h1,10H,2H2,(H2,7,8). The van der Waals surface area contributed by atoms with Crippen LogP contribution in [0.5, 0.6) is 0 Å². The molecule has 0 radical (unpaired) electrons. The molecule has 0 unspecified atom stereocenters. The zero-order valence-electron chi connectivity index (χ0n) is 5.08. The predicted molar refractivity (Wildman–Crippen MR) is 37.4 cm³/mol. The van der Waals surface area contributed by atoms with Gasteiger partial charge in [-0.1, -0.05) is 11.6 Å². The van der Waals surface area contributed by atoms with Gasteiger partial charge >= 0.3 is 0 Å². The van der Waals surface area contributed by atoms with E-state index in [0.717, 1.165) is 0 Å². The second-order valence-electron chi connectivity index (χ2n) is 1.74. The van der Waals surface area contributed by atoms with E-state index in [1.807, 2.05) is 0 Å². The third-order valence-corrected chi connectivity index (χ3v) is 1.28. The molecule has 0 aliphatic rings. The average Bonchev–Trinajstić information content (AvgIpc) is 1.95. The smallest absolute Gasteiger partial charge is 0.174 e. The van der Waals surface area contributed by atoms with E-state index in [9.17, 15) is 0 Å². The van der Waals surface area contributed by atoms with Crippen LogP contribution in [0.25, 0.3) is 0 Å². The van der Waals surface area contributed by atoms with Crippen molar-refractivity contribution in [3.05, 3.63) is 16.9 Å². The maximum atomic E-state index is 8.55. The van der Waals surface area contributed by atoms with Crippen molar-refractivity contribution in [1.29, 1.82) is 0 Å². The number of hydrogen-bond acceptors (Lipinski definition) is 4. The summed E-state index contributed by atoms with van der Waals surface area (Å²) in [4.78, 5) is 0. The Balaban J connectivity index is 3.04. The first-order valence-electron chi connectivity index (χ1n) is 2.62. The largest absolute Gasteiger partial charge is 0.396 e. The van der Waals surface area contributed by atoms with Gasteiger partial charge in [0.2, 0.25) is 0 Å². The minimum absolute atomic E-state index is 0.164. The van der Waals surface area contributed by atoms with Crippen molar-refractivity contribution < 1.29 is 5.11 Å². The molecular formula is C5H6ClN3O. The molecule has 0 amide bonds. The summed E-state index contributed by atoms with van der Waals surface area (Å²) in [6.45, 7) is -0.172. The number of hydrogen-bond donors (Lipinski definition) is 2. The van der Waals surface area contributed by atoms with E-state index in [0.29, 0.717) is 11.4 Å². The lowest BCUT2D eigenvalue weighted by molar-refractivity contribution is 0.275. The van der Waals surface area contributed by atoms with Gasteiger partial charge in [0.1, 0.15) is 0 Å². The maximum Gasteiger partial charge on any atom is 0.174 e. The van der Waals surface area contributed by atoms with Gasteiger partial charge in [-0.15, -0.1) is 5.10 Å². The molecule has 1 aromatic rings. The van der Waals surface area contributed by atoms with Crippen LogP contribution < -0.4 is 5.73 Å². The third-order valence-electron chi connectivity index (χ3n) is 0.989. The van der Waals surface area contributed by atoms with Crippen molar-refractivity contribution in [2.75, 3.05) is 5.73 Å². The van der Waals surface area contributed by atoms with Crippen LogP contribution in [-0.4, -0.2) is 15.3 Å². The molecule has 54 valence electrons. The molecule has 0 fully saturated rings. The summed E-state index contributed by atoms with van der Waals surface area (Å²) in [5.74, 6) is 0. The van der Waals surface area contributed by atoms with E-state index >= 15 is 0 Å². The van der Waals surface area contributed by atoms with E-state index in [1.165, 1.54) is 6.07 Å². The number of aromatic nitrogens is 2. The Kier molecular flexibility index (Phi) is 2.03. The van der Waals surface area contributed by atoms with Crippen LogP contribution in [0.2, 0.25) is 5.15 Å². The predicted octanol–water partition coefficient (Wildman–Crippen LogP) is 0.205. The van der Waals surface area contributed by atoms with Crippen LogP contribution in [0.1, 0.15) is 5.69 Å². The van der Waals surface area contributed by atoms with Gasteiger partial charge in [-0.3, -0.25) is 0 Å². The summed E-state index contributed by atoms with van der Waals surface area (Å²) in [7, 11) is 0. The van der Waals surface area contributed by atoms with Crippen LogP contribution in [-0.2, 0) is 6.61 Å². The highest BCUT2D eigenvalue weighted by Crippen LogP contribution is 2.13. The fourth-order valence-corrected chi connectivity index (χ4v) is 0.603. The SMILES string of the molecule is Nc1cc(CO)nnc1Cl. The molecule has 0 atom stereocenters. The molecule has 10 heavy (non-hydrogen) atoms. The number of aliphatic hydroxyl groups excluding tert-OH is 1. The van der Waals surface area contributed by atoms with Crippen LogP contribution in [0, 0.1) is 0 Å². The second kappa shape index (κ2) is 2.81. The van der Waals surface area contributed by atoms with E-state index in [-0.39, 0.29) is 11.8 Å². The van der Waals surface area contributed by atoms with E-state index < -0.39 is 0 Å². The van der Waals surface area contributed by atoms with Gasteiger partial charge in [0, 0.05) is 0 Å². The van der Waals surface area contributed by atoms with Crippen molar-refractivity contribution in [3.63, 3.8) is 0 Å². The summed E-state index contributed by atoms with van der Waals surface area (Å²) < 4.78 is 0. The zero-order chi connectivity index (χ0) is 7.56. The third kappa shape index (κ3) is 1.34. The lowest BCUT2D eigenvalue weighted by Gasteiger charge is -1.96. The van der Waals surface area contributed by atoms with Crippen LogP contribution >= 0.6 is 11.6 Å². The van der Waals surface area contributed by atoms with Crippen molar-refractivity contribution >= 4 is 17.3 Å². The summed E-state index contributed by atoms with van der Waals surface area (Å²) in [5, 5.41) is 15.7. The molecule has 0 saturated carbocycles. The highest BCUT2D eigenvalue weighted by molar-refractivity contribution is 6.31. The molecule has 1 rings (SSSR count).